The molecule has 0 aliphatic rings. The maximum atomic E-state index is 9.77. The fraction of sp³-hybridized carbons (Fsp3) is 0.176. The third kappa shape index (κ3) is 3.43. The molecule has 0 bridgehead atoms. The van der Waals surface area contributed by atoms with Gasteiger partial charge in [-0.05, 0) is 48.9 Å². The number of phenolic OH excluding ortho intramolecular Hbond substituents is 1. The third-order valence-electron chi connectivity index (χ3n) is 3.19. The van der Waals surface area contributed by atoms with E-state index in [9.17, 15) is 5.11 Å². The Kier molecular flexibility index (Phi) is 4.43. The Bertz CT molecular complexity index is 858. The van der Waals surface area contributed by atoms with Gasteiger partial charge in [-0.2, -0.15) is 0 Å². The second-order valence-corrected chi connectivity index (χ2v) is 5.76. The minimum Gasteiger partial charge on any atom is -0.504 e. The maximum Gasteiger partial charge on any atom is 0.210 e. The fourth-order valence-electron chi connectivity index (χ4n) is 2.12. The average molecular weight is 328 g/mol. The van der Waals surface area contributed by atoms with Crippen LogP contribution in [0.15, 0.2) is 41.4 Å². The summed E-state index contributed by atoms with van der Waals surface area (Å²) in [4.78, 5) is 8.84. The Morgan fingerprint density at radius 1 is 1.26 bits per heavy atom. The summed E-state index contributed by atoms with van der Waals surface area (Å²) in [6.45, 7) is 2.59. The normalized spacial score (nSPS) is 11.2. The Hall–Kier alpha value is -2.60. The molecule has 0 unspecified atom stereocenters. The number of methoxy groups -OCH3 is 1. The summed E-state index contributed by atoms with van der Waals surface area (Å²) in [6.07, 6.45) is 1.67. The molecule has 0 fully saturated rings. The summed E-state index contributed by atoms with van der Waals surface area (Å²) in [7, 11) is 1.51. The number of aliphatic imine (C=N–C) groups is 1. The molecule has 0 atom stereocenters. The molecule has 0 aliphatic carbocycles. The minimum atomic E-state index is 0.0853. The van der Waals surface area contributed by atoms with E-state index in [2.05, 4.69) is 9.98 Å². The van der Waals surface area contributed by atoms with Crippen LogP contribution in [0.1, 0.15) is 12.5 Å². The SMILES string of the molecule is CCOc1ccc2nc(/N=C/c3ccc(OC)c(O)c3)sc2c1. The van der Waals surface area contributed by atoms with Gasteiger partial charge in [0.1, 0.15) is 5.75 Å². The standard InChI is InChI=1S/C17H16N2O3S/c1-3-22-12-5-6-13-16(9-12)23-17(19-13)18-10-11-4-7-15(21-2)14(20)8-11/h4-10,20H,3H2,1-2H3/b18-10+. The van der Waals surface area contributed by atoms with Gasteiger partial charge in [0.05, 0.1) is 23.9 Å². The van der Waals surface area contributed by atoms with Crippen LogP contribution in [0, 0.1) is 0 Å². The molecule has 0 saturated heterocycles. The maximum absolute atomic E-state index is 9.77. The lowest BCUT2D eigenvalue weighted by atomic mass is 10.2. The van der Waals surface area contributed by atoms with E-state index in [1.807, 2.05) is 31.2 Å². The number of phenols is 1. The highest BCUT2D eigenvalue weighted by Gasteiger charge is 2.05. The summed E-state index contributed by atoms with van der Waals surface area (Å²) in [5, 5.41) is 10.4. The van der Waals surface area contributed by atoms with E-state index in [0.717, 1.165) is 21.5 Å². The number of ether oxygens (including phenoxy) is 2. The van der Waals surface area contributed by atoms with Crippen molar-refractivity contribution >= 4 is 32.9 Å². The number of hydrogen-bond donors (Lipinski definition) is 1. The van der Waals surface area contributed by atoms with Gasteiger partial charge in [-0.3, -0.25) is 0 Å². The van der Waals surface area contributed by atoms with Crippen LogP contribution in [0.5, 0.6) is 17.2 Å². The van der Waals surface area contributed by atoms with E-state index in [4.69, 9.17) is 9.47 Å². The molecule has 0 amide bonds. The van der Waals surface area contributed by atoms with Gasteiger partial charge in [-0.1, -0.05) is 11.3 Å². The number of hydrogen-bond acceptors (Lipinski definition) is 6. The molecular formula is C17H16N2O3S. The lowest BCUT2D eigenvalue weighted by molar-refractivity contribution is 0.341. The van der Waals surface area contributed by atoms with Crippen LogP contribution in [0.4, 0.5) is 5.13 Å². The van der Waals surface area contributed by atoms with E-state index in [-0.39, 0.29) is 5.75 Å². The van der Waals surface area contributed by atoms with Crippen LogP contribution in [0.2, 0.25) is 0 Å². The van der Waals surface area contributed by atoms with Gasteiger partial charge in [-0.15, -0.1) is 0 Å². The molecule has 1 N–H and O–H groups in total. The monoisotopic (exact) mass is 328 g/mol. The zero-order valence-corrected chi connectivity index (χ0v) is 13.6. The summed E-state index contributed by atoms with van der Waals surface area (Å²) in [6, 6.07) is 10.9. The van der Waals surface area contributed by atoms with Crippen molar-refractivity contribution in [3.05, 3.63) is 42.0 Å². The van der Waals surface area contributed by atoms with Crippen molar-refractivity contribution in [2.24, 2.45) is 4.99 Å². The molecule has 6 heteroatoms. The van der Waals surface area contributed by atoms with Gasteiger partial charge < -0.3 is 14.6 Å². The predicted molar refractivity (Wildman–Crippen MR) is 92.7 cm³/mol. The molecule has 1 aromatic heterocycles. The van der Waals surface area contributed by atoms with E-state index in [1.54, 1.807) is 18.3 Å². The van der Waals surface area contributed by atoms with E-state index in [0.29, 0.717) is 17.5 Å². The first-order chi connectivity index (χ1) is 11.2. The van der Waals surface area contributed by atoms with Crippen LogP contribution in [0.3, 0.4) is 0 Å². The molecule has 2 aromatic carbocycles. The van der Waals surface area contributed by atoms with Crippen molar-refractivity contribution < 1.29 is 14.6 Å². The molecule has 118 valence electrons. The smallest absolute Gasteiger partial charge is 0.210 e. The molecule has 0 spiro atoms. The molecule has 0 aliphatic heterocycles. The molecule has 5 nitrogen and oxygen atoms in total. The lowest BCUT2D eigenvalue weighted by Crippen LogP contribution is -1.89. The summed E-state index contributed by atoms with van der Waals surface area (Å²) in [5.74, 6) is 1.35. The quantitative estimate of drug-likeness (QED) is 0.714. The van der Waals surface area contributed by atoms with Gasteiger partial charge in [0.2, 0.25) is 5.13 Å². The van der Waals surface area contributed by atoms with Gasteiger partial charge in [0.25, 0.3) is 0 Å². The fourth-order valence-corrected chi connectivity index (χ4v) is 2.96. The number of fused-ring (bicyclic) bond motifs is 1. The van der Waals surface area contributed by atoms with Crippen LogP contribution in [-0.4, -0.2) is 30.0 Å². The largest absolute Gasteiger partial charge is 0.504 e. The van der Waals surface area contributed by atoms with Crippen molar-refractivity contribution in [3.8, 4) is 17.2 Å². The van der Waals surface area contributed by atoms with Gasteiger partial charge >= 0.3 is 0 Å². The Labute approximate surface area is 137 Å². The van der Waals surface area contributed by atoms with E-state index < -0.39 is 0 Å². The van der Waals surface area contributed by atoms with Gasteiger partial charge in [-0.25, -0.2) is 9.98 Å². The van der Waals surface area contributed by atoms with Gasteiger partial charge in [0.15, 0.2) is 11.5 Å². The number of aromatic nitrogens is 1. The van der Waals surface area contributed by atoms with Gasteiger partial charge in [0, 0.05) is 6.21 Å². The number of aromatic hydroxyl groups is 1. The zero-order chi connectivity index (χ0) is 16.2. The predicted octanol–water partition coefficient (Wildman–Crippen LogP) is 4.16. The van der Waals surface area contributed by atoms with Crippen LogP contribution >= 0.6 is 11.3 Å². The highest BCUT2D eigenvalue weighted by molar-refractivity contribution is 7.22. The van der Waals surface area contributed by atoms with Crippen molar-refractivity contribution in [2.45, 2.75) is 6.92 Å². The number of thiazole rings is 1. The zero-order valence-electron chi connectivity index (χ0n) is 12.8. The van der Waals surface area contributed by atoms with E-state index >= 15 is 0 Å². The van der Waals surface area contributed by atoms with Crippen LogP contribution < -0.4 is 9.47 Å². The molecule has 0 radical (unpaired) electrons. The average Bonchev–Trinajstić information content (AvgIpc) is 2.95. The topological polar surface area (TPSA) is 63.9 Å². The molecule has 3 aromatic rings. The molecular weight excluding hydrogens is 312 g/mol. The summed E-state index contributed by atoms with van der Waals surface area (Å²) < 4.78 is 11.5. The highest BCUT2D eigenvalue weighted by Crippen LogP contribution is 2.31. The van der Waals surface area contributed by atoms with Crippen molar-refractivity contribution in [3.63, 3.8) is 0 Å². The lowest BCUT2D eigenvalue weighted by Gasteiger charge is -2.02. The highest BCUT2D eigenvalue weighted by atomic mass is 32.1. The van der Waals surface area contributed by atoms with E-state index in [1.165, 1.54) is 18.4 Å². The first kappa shape index (κ1) is 15.3. The number of benzene rings is 2. The number of rotatable bonds is 5. The van der Waals surface area contributed by atoms with Crippen molar-refractivity contribution in [2.75, 3.05) is 13.7 Å². The van der Waals surface area contributed by atoms with Crippen molar-refractivity contribution in [1.82, 2.24) is 4.98 Å². The third-order valence-corrected chi connectivity index (χ3v) is 4.11. The molecule has 0 saturated carbocycles. The Morgan fingerprint density at radius 3 is 2.87 bits per heavy atom. The first-order valence-electron chi connectivity index (χ1n) is 7.14. The second-order valence-electron chi connectivity index (χ2n) is 4.75. The molecule has 23 heavy (non-hydrogen) atoms. The second kappa shape index (κ2) is 6.66. The minimum absolute atomic E-state index is 0.0853. The Balaban J connectivity index is 1.84. The van der Waals surface area contributed by atoms with Crippen molar-refractivity contribution in [1.29, 1.82) is 0 Å². The van der Waals surface area contributed by atoms with Crippen LogP contribution in [0.25, 0.3) is 10.2 Å². The summed E-state index contributed by atoms with van der Waals surface area (Å²) in [5.41, 5.74) is 1.67. The Morgan fingerprint density at radius 2 is 2.13 bits per heavy atom. The summed E-state index contributed by atoms with van der Waals surface area (Å²) >= 11 is 1.49. The molecule has 1 heterocycles. The first-order valence-corrected chi connectivity index (χ1v) is 7.95. The van der Waals surface area contributed by atoms with Crippen LogP contribution in [-0.2, 0) is 0 Å². The number of nitrogens with zero attached hydrogens (tertiary/aromatic N) is 2. The molecule has 3 rings (SSSR count).